The van der Waals surface area contributed by atoms with Gasteiger partial charge in [-0.05, 0) is 24.7 Å². The first-order valence-electron chi connectivity index (χ1n) is 6.22. The molecule has 0 heterocycles. The Morgan fingerprint density at radius 3 is 2.07 bits per heavy atom. The van der Waals surface area contributed by atoms with Crippen LogP contribution in [-0.2, 0) is 4.79 Å². The first-order valence-corrected chi connectivity index (χ1v) is 6.22. The summed E-state index contributed by atoms with van der Waals surface area (Å²) in [6, 6.07) is 0. The molecular formula is C13H27NO. The molecule has 15 heavy (non-hydrogen) atoms. The van der Waals surface area contributed by atoms with Crippen LogP contribution < -0.4 is 0 Å². The Morgan fingerprint density at radius 1 is 1.13 bits per heavy atom. The van der Waals surface area contributed by atoms with E-state index in [1.54, 1.807) is 6.92 Å². The molecule has 0 rings (SSSR count). The Morgan fingerprint density at radius 2 is 1.67 bits per heavy atom. The molecule has 2 heteroatoms. The number of carbonyl (C=O) groups excluding carboxylic acids is 1. The van der Waals surface area contributed by atoms with Crippen LogP contribution in [-0.4, -0.2) is 23.9 Å². The fourth-order valence-electron chi connectivity index (χ4n) is 1.42. The highest BCUT2D eigenvalue weighted by atomic mass is 16.2. The lowest BCUT2D eigenvalue weighted by molar-refractivity contribution is -0.129. The van der Waals surface area contributed by atoms with Gasteiger partial charge in [-0.25, -0.2) is 0 Å². The van der Waals surface area contributed by atoms with Crippen LogP contribution >= 0.6 is 0 Å². The Bertz CT molecular complexity index is 177. The number of amides is 1. The van der Waals surface area contributed by atoms with Gasteiger partial charge < -0.3 is 4.90 Å². The molecule has 0 fully saturated rings. The van der Waals surface area contributed by atoms with Crippen molar-refractivity contribution in [1.29, 1.82) is 0 Å². The summed E-state index contributed by atoms with van der Waals surface area (Å²) in [4.78, 5) is 13.4. The van der Waals surface area contributed by atoms with Crippen LogP contribution in [0.15, 0.2) is 0 Å². The lowest BCUT2D eigenvalue weighted by Crippen LogP contribution is -2.32. The van der Waals surface area contributed by atoms with Crippen molar-refractivity contribution in [1.82, 2.24) is 4.90 Å². The molecule has 0 saturated heterocycles. The molecule has 0 aliphatic heterocycles. The van der Waals surface area contributed by atoms with E-state index in [2.05, 4.69) is 27.7 Å². The average Bonchev–Trinajstić information content (AvgIpc) is 2.16. The highest BCUT2D eigenvalue weighted by Crippen LogP contribution is 2.09. The summed E-state index contributed by atoms with van der Waals surface area (Å²) >= 11 is 0. The standard InChI is InChI=1S/C13H27NO/c1-6-12(4)8-10-14(13(5)15)9-7-11(2)3/h11-12H,6-10H2,1-5H3. The van der Waals surface area contributed by atoms with Crippen molar-refractivity contribution in [3.05, 3.63) is 0 Å². The van der Waals surface area contributed by atoms with Crippen LogP contribution in [0.4, 0.5) is 0 Å². The van der Waals surface area contributed by atoms with Crippen molar-refractivity contribution >= 4 is 5.91 Å². The van der Waals surface area contributed by atoms with Crippen LogP contribution in [0.2, 0.25) is 0 Å². The summed E-state index contributed by atoms with van der Waals surface area (Å²) in [5.41, 5.74) is 0. The van der Waals surface area contributed by atoms with E-state index in [4.69, 9.17) is 0 Å². The van der Waals surface area contributed by atoms with Crippen LogP contribution in [0.5, 0.6) is 0 Å². The molecule has 90 valence electrons. The fourth-order valence-corrected chi connectivity index (χ4v) is 1.42. The van der Waals surface area contributed by atoms with Gasteiger partial charge in [-0.3, -0.25) is 4.79 Å². The third kappa shape index (κ3) is 7.40. The van der Waals surface area contributed by atoms with E-state index in [1.807, 2.05) is 4.90 Å². The summed E-state index contributed by atoms with van der Waals surface area (Å²) in [5, 5.41) is 0. The van der Waals surface area contributed by atoms with Gasteiger partial charge in [-0.1, -0.05) is 34.1 Å². The van der Waals surface area contributed by atoms with E-state index in [9.17, 15) is 4.79 Å². The smallest absolute Gasteiger partial charge is 0.219 e. The van der Waals surface area contributed by atoms with Crippen molar-refractivity contribution < 1.29 is 4.79 Å². The van der Waals surface area contributed by atoms with Crippen molar-refractivity contribution in [3.63, 3.8) is 0 Å². The topological polar surface area (TPSA) is 20.3 Å². The van der Waals surface area contributed by atoms with Gasteiger partial charge in [0, 0.05) is 20.0 Å². The molecular weight excluding hydrogens is 186 g/mol. The Kier molecular flexibility index (Phi) is 7.45. The van der Waals surface area contributed by atoms with E-state index >= 15 is 0 Å². The van der Waals surface area contributed by atoms with Gasteiger partial charge in [0.1, 0.15) is 0 Å². The zero-order valence-corrected chi connectivity index (χ0v) is 11.0. The highest BCUT2D eigenvalue weighted by Gasteiger charge is 2.10. The third-order valence-corrected chi connectivity index (χ3v) is 3.01. The van der Waals surface area contributed by atoms with Gasteiger partial charge in [0.15, 0.2) is 0 Å². The molecule has 0 N–H and O–H groups in total. The summed E-state index contributed by atoms with van der Waals surface area (Å²) < 4.78 is 0. The third-order valence-electron chi connectivity index (χ3n) is 3.01. The number of hydrogen-bond donors (Lipinski definition) is 0. The average molecular weight is 213 g/mol. The minimum absolute atomic E-state index is 0.221. The maximum atomic E-state index is 11.4. The maximum absolute atomic E-state index is 11.4. The molecule has 0 spiro atoms. The Hall–Kier alpha value is -0.530. The zero-order valence-electron chi connectivity index (χ0n) is 11.0. The molecule has 0 aliphatic rings. The number of hydrogen-bond acceptors (Lipinski definition) is 1. The first kappa shape index (κ1) is 14.5. The molecule has 0 aliphatic carbocycles. The van der Waals surface area contributed by atoms with Crippen molar-refractivity contribution in [2.75, 3.05) is 13.1 Å². The Balaban J connectivity index is 3.89. The monoisotopic (exact) mass is 213 g/mol. The van der Waals surface area contributed by atoms with Crippen molar-refractivity contribution in [2.24, 2.45) is 11.8 Å². The van der Waals surface area contributed by atoms with Crippen LogP contribution in [0.25, 0.3) is 0 Å². The molecule has 0 aromatic heterocycles. The predicted molar refractivity (Wildman–Crippen MR) is 65.8 cm³/mol. The molecule has 2 nitrogen and oxygen atoms in total. The maximum Gasteiger partial charge on any atom is 0.219 e. The summed E-state index contributed by atoms with van der Waals surface area (Å²) in [6.07, 6.45) is 3.45. The second kappa shape index (κ2) is 7.72. The van der Waals surface area contributed by atoms with Gasteiger partial charge in [-0.15, -0.1) is 0 Å². The van der Waals surface area contributed by atoms with Crippen LogP contribution in [0.3, 0.4) is 0 Å². The summed E-state index contributed by atoms with van der Waals surface area (Å²) in [7, 11) is 0. The molecule has 0 radical (unpaired) electrons. The molecule has 0 aromatic carbocycles. The normalized spacial score (nSPS) is 12.9. The Labute approximate surface area is 95.0 Å². The number of nitrogens with zero attached hydrogens (tertiary/aromatic N) is 1. The van der Waals surface area contributed by atoms with E-state index in [0.717, 1.165) is 31.8 Å². The zero-order chi connectivity index (χ0) is 11.8. The molecule has 1 unspecified atom stereocenters. The molecule has 0 bridgehead atoms. The second-order valence-corrected chi connectivity index (χ2v) is 4.99. The summed E-state index contributed by atoms with van der Waals surface area (Å²) in [6.45, 7) is 12.4. The largest absolute Gasteiger partial charge is 0.343 e. The van der Waals surface area contributed by atoms with Gasteiger partial charge in [0.05, 0.1) is 0 Å². The lowest BCUT2D eigenvalue weighted by Gasteiger charge is -2.23. The van der Waals surface area contributed by atoms with E-state index in [0.29, 0.717) is 5.92 Å². The molecule has 1 atom stereocenters. The van der Waals surface area contributed by atoms with Crippen LogP contribution in [0, 0.1) is 11.8 Å². The minimum Gasteiger partial charge on any atom is -0.343 e. The fraction of sp³-hybridized carbons (Fsp3) is 0.923. The van der Waals surface area contributed by atoms with Crippen molar-refractivity contribution in [3.8, 4) is 0 Å². The van der Waals surface area contributed by atoms with Gasteiger partial charge in [0.25, 0.3) is 0 Å². The lowest BCUT2D eigenvalue weighted by atomic mass is 10.0. The minimum atomic E-state index is 0.221. The quantitative estimate of drug-likeness (QED) is 0.635. The van der Waals surface area contributed by atoms with Gasteiger partial charge >= 0.3 is 0 Å². The van der Waals surface area contributed by atoms with E-state index < -0.39 is 0 Å². The number of rotatable bonds is 7. The number of carbonyl (C=O) groups is 1. The molecule has 0 aromatic rings. The second-order valence-electron chi connectivity index (χ2n) is 4.99. The SMILES string of the molecule is CCC(C)CCN(CCC(C)C)C(C)=O. The van der Waals surface area contributed by atoms with E-state index in [-0.39, 0.29) is 5.91 Å². The molecule has 1 amide bonds. The van der Waals surface area contributed by atoms with Crippen LogP contribution in [0.1, 0.15) is 53.9 Å². The van der Waals surface area contributed by atoms with E-state index in [1.165, 1.54) is 6.42 Å². The molecule has 0 saturated carbocycles. The first-order chi connectivity index (χ1) is 6.97. The van der Waals surface area contributed by atoms with Gasteiger partial charge in [-0.2, -0.15) is 0 Å². The van der Waals surface area contributed by atoms with Gasteiger partial charge in [0.2, 0.25) is 5.91 Å². The predicted octanol–water partition coefficient (Wildman–Crippen LogP) is 3.32. The highest BCUT2D eigenvalue weighted by molar-refractivity contribution is 5.73. The summed E-state index contributed by atoms with van der Waals surface area (Å²) in [5.74, 6) is 1.63. The van der Waals surface area contributed by atoms with Crippen molar-refractivity contribution in [2.45, 2.75) is 53.9 Å².